The van der Waals surface area contributed by atoms with Crippen molar-refractivity contribution in [1.82, 2.24) is 10.2 Å². The molecule has 1 aliphatic carbocycles. The zero-order chi connectivity index (χ0) is 14.5. The smallest absolute Gasteiger partial charge is 0.234 e. The number of nitrogens with two attached hydrogens (primary N) is 1. The van der Waals surface area contributed by atoms with Crippen LogP contribution in [-0.4, -0.2) is 42.5 Å². The summed E-state index contributed by atoms with van der Waals surface area (Å²) in [6.45, 7) is 6.91. The molecule has 0 aromatic heterocycles. The number of nitrogens with one attached hydrogen (secondary N) is 1. The van der Waals surface area contributed by atoms with Gasteiger partial charge in [-0.25, -0.2) is 0 Å². The molecule has 2 aliphatic rings. The quantitative estimate of drug-likeness (QED) is 0.835. The van der Waals surface area contributed by atoms with Gasteiger partial charge in [-0.1, -0.05) is 19.8 Å². The maximum absolute atomic E-state index is 12.2. The zero-order valence-electron chi connectivity index (χ0n) is 13.5. The van der Waals surface area contributed by atoms with Crippen molar-refractivity contribution in [2.75, 3.05) is 19.6 Å². The lowest BCUT2D eigenvalue weighted by atomic mass is 9.86. The molecule has 1 heterocycles. The third-order valence-electron chi connectivity index (χ3n) is 5.11. The molecular formula is C16H32ClN3O. The van der Waals surface area contributed by atoms with Crippen molar-refractivity contribution in [2.45, 2.75) is 64.5 Å². The maximum atomic E-state index is 12.2. The topological polar surface area (TPSA) is 58.4 Å². The molecule has 0 aromatic rings. The van der Waals surface area contributed by atoms with Crippen LogP contribution in [0.15, 0.2) is 0 Å². The predicted octanol–water partition coefficient (Wildman–Crippen LogP) is 2.16. The largest absolute Gasteiger partial charge is 0.352 e. The van der Waals surface area contributed by atoms with E-state index < -0.39 is 0 Å². The molecule has 1 aliphatic heterocycles. The lowest BCUT2D eigenvalue weighted by Crippen LogP contribution is -2.49. The number of likely N-dealkylation sites (tertiary alicyclic amines) is 1. The molecule has 0 radical (unpaired) electrons. The molecule has 3 N–H and O–H groups in total. The van der Waals surface area contributed by atoms with E-state index >= 15 is 0 Å². The molecule has 124 valence electrons. The van der Waals surface area contributed by atoms with E-state index in [4.69, 9.17) is 5.73 Å². The van der Waals surface area contributed by atoms with Gasteiger partial charge in [-0.2, -0.15) is 0 Å². The van der Waals surface area contributed by atoms with Crippen LogP contribution in [0.5, 0.6) is 0 Å². The maximum Gasteiger partial charge on any atom is 0.234 e. The number of rotatable bonds is 4. The summed E-state index contributed by atoms with van der Waals surface area (Å²) in [6, 6.07) is 0.629. The van der Waals surface area contributed by atoms with Crippen LogP contribution in [-0.2, 0) is 4.79 Å². The summed E-state index contributed by atoms with van der Waals surface area (Å²) in [7, 11) is 0. The van der Waals surface area contributed by atoms with E-state index in [0.29, 0.717) is 24.4 Å². The van der Waals surface area contributed by atoms with Gasteiger partial charge in [0.2, 0.25) is 5.91 Å². The van der Waals surface area contributed by atoms with Gasteiger partial charge in [0.05, 0.1) is 6.54 Å². The monoisotopic (exact) mass is 317 g/mol. The number of hydrogen-bond acceptors (Lipinski definition) is 3. The van der Waals surface area contributed by atoms with Gasteiger partial charge >= 0.3 is 0 Å². The Hall–Kier alpha value is -0.320. The van der Waals surface area contributed by atoms with Crippen LogP contribution in [0.3, 0.4) is 0 Å². The number of piperidine rings is 1. The third kappa shape index (κ3) is 5.76. The first kappa shape index (κ1) is 18.7. The Labute approximate surface area is 135 Å². The summed E-state index contributed by atoms with van der Waals surface area (Å²) >= 11 is 0. The van der Waals surface area contributed by atoms with Gasteiger partial charge in [0.15, 0.2) is 0 Å². The normalized spacial score (nSPS) is 32.0. The predicted molar refractivity (Wildman–Crippen MR) is 89.6 cm³/mol. The molecule has 5 heteroatoms. The molecule has 0 bridgehead atoms. The van der Waals surface area contributed by atoms with E-state index in [1.165, 1.54) is 32.1 Å². The fraction of sp³-hybridized carbons (Fsp3) is 0.938. The number of halogens is 1. The first-order valence-electron chi connectivity index (χ1n) is 8.33. The average Bonchev–Trinajstić information content (AvgIpc) is 2.41. The zero-order valence-corrected chi connectivity index (χ0v) is 14.3. The minimum absolute atomic E-state index is 0. The molecule has 4 atom stereocenters. The van der Waals surface area contributed by atoms with Gasteiger partial charge in [0.25, 0.3) is 0 Å². The number of hydrogen-bond donors (Lipinski definition) is 2. The van der Waals surface area contributed by atoms with Crippen molar-refractivity contribution in [3.8, 4) is 0 Å². The van der Waals surface area contributed by atoms with E-state index in [2.05, 4.69) is 24.1 Å². The molecule has 0 spiro atoms. The van der Waals surface area contributed by atoms with Gasteiger partial charge in [0.1, 0.15) is 0 Å². The van der Waals surface area contributed by atoms with Gasteiger partial charge in [-0.3, -0.25) is 9.69 Å². The second-order valence-electron chi connectivity index (χ2n) is 6.93. The van der Waals surface area contributed by atoms with Crippen molar-refractivity contribution in [3.63, 3.8) is 0 Å². The fourth-order valence-corrected chi connectivity index (χ4v) is 3.65. The highest BCUT2D eigenvalue weighted by Gasteiger charge is 2.26. The van der Waals surface area contributed by atoms with Crippen LogP contribution in [0, 0.1) is 11.8 Å². The number of amides is 1. The van der Waals surface area contributed by atoms with Crippen molar-refractivity contribution >= 4 is 18.3 Å². The molecule has 21 heavy (non-hydrogen) atoms. The Bertz CT molecular complexity index is 325. The summed E-state index contributed by atoms with van der Waals surface area (Å²) in [6.07, 6.45) is 7.34. The molecule has 4 nitrogen and oxygen atoms in total. The fourth-order valence-electron chi connectivity index (χ4n) is 3.65. The van der Waals surface area contributed by atoms with Crippen molar-refractivity contribution < 1.29 is 4.79 Å². The molecule has 4 unspecified atom stereocenters. The summed E-state index contributed by atoms with van der Waals surface area (Å²) in [5.41, 5.74) is 6.00. The molecule has 1 saturated carbocycles. The number of nitrogens with zero attached hydrogens (tertiary/aromatic N) is 1. The lowest BCUT2D eigenvalue weighted by Gasteiger charge is -2.35. The highest BCUT2D eigenvalue weighted by molar-refractivity contribution is 5.85. The molecule has 1 saturated heterocycles. The minimum Gasteiger partial charge on any atom is -0.352 e. The van der Waals surface area contributed by atoms with Gasteiger partial charge < -0.3 is 11.1 Å². The van der Waals surface area contributed by atoms with Crippen LogP contribution >= 0.6 is 12.4 Å². The summed E-state index contributed by atoms with van der Waals surface area (Å²) in [4.78, 5) is 14.5. The molecule has 1 amide bonds. The Morgan fingerprint density at radius 3 is 2.67 bits per heavy atom. The van der Waals surface area contributed by atoms with Gasteiger partial charge in [-0.05, 0) is 51.0 Å². The van der Waals surface area contributed by atoms with Crippen LogP contribution in [0.4, 0.5) is 0 Å². The van der Waals surface area contributed by atoms with Gasteiger partial charge in [-0.15, -0.1) is 12.4 Å². The van der Waals surface area contributed by atoms with E-state index in [1.54, 1.807) is 0 Å². The third-order valence-corrected chi connectivity index (χ3v) is 5.11. The second-order valence-corrected chi connectivity index (χ2v) is 6.93. The van der Waals surface area contributed by atoms with E-state index in [0.717, 1.165) is 19.5 Å². The molecule has 2 rings (SSSR count). The minimum atomic E-state index is 0. The van der Waals surface area contributed by atoms with E-state index in [9.17, 15) is 4.79 Å². The van der Waals surface area contributed by atoms with Crippen LogP contribution in [0.25, 0.3) is 0 Å². The highest BCUT2D eigenvalue weighted by Crippen LogP contribution is 2.24. The first-order valence-corrected chi connectivity index (χ1v) is 8.33. The Morgan fingerprint density at radius 1 is 1.29 bits per heavy atom. The lowest BCUT2D eigenvalue weighted by molar-refractivity contribution is -0.124. The molecule has 0 aromatic carbocycles. The Balaban J connectivity index is 0.00000220. The van der Waals surface area contributed by atoms with Crippen molar-refractivity contribution in [1.29, 1.82) is 0 Å². The van der Waals surface area contributed by atoms with Crippen LogP contribution in [0.1, 0.15) is 52.4 Å². The first-order chi connectivity index (χ1) is 9.56. The summed E-state index contributed by atoms with van der Waals surface area (Å²) in [5.74, 6) is 1.38. The summed E-state index contributed by atoms with van der Waals surface area (Å²) < 4.78 is 0. The average molecular weight is 318 g/mol. The molecule has 2 fully saturated rings. The van der Waals surface area contributed by atoms with E-state index in [-0.39, 0.29) is 24.4 Å². The SMILES string of the molecule is CC(N)C1CCCN(CC(=O)NC2CCCCC2C)C1.Cl. The Morgan fingerprint density at radius 2 is 2.00 bits per heavy atom. The van der Waals surface area contributed by atoms with Crippen LogP contribution in [0.2, 0.25) is 0 Å². The number of carbonyl (C=O) groups excluding carboxylic acids is 1. The van der Waals surface area contributed by atoms with Crippen molar-refractivity contribution in [2.24, 2.45) is 17.6 Å². The van der Waals surface area contributed by atoms with Crippen molar-refractivity contribution in [3.05, 3.63) is 0 Å². The van der Waals surface area contributed by atoms with E-state index in [1.807, 2.05) is 0 Å². The standard InChI is InChI=1S/C16H31N3O.ClH/c1-12-6-3-4-8-15(12)18-16(20)11-19-9-5-7-14(10-19)13(2)17;/h12-15H,3-11,17H2,1-2H3,(H,18,20);1H. The van der Waals surface area contributed by atoms with Crippen LogP contribution < -0.4 is 11.1 Å². The highest BCUT2D eigenvalue weighted by atomic mass is 35.5. The Kier molecular flexibility index (Phi) is 7.99. The summed E-state index contributed by atoms with van der Waals surface area (Å²) in [5, 5.41) is 3.25. The number of carbonyl (C=O) groups is 1. The van der Waals surface area contributed by atoms with Gasteiger partial charge in [0, 0.05) is 18.6 Å². The second kappa shape index (κ2) is 8.96. The molecular weight excluding hydrogens is 286 g/mol.